The molecule has 84 valence electrons. The van der Waals surface area contributed by atoms with Crippen molar-refractivity contribution in [3.8, 4) is 0 Å². The normalized spacial score (nSPS) is 10.3. The van der Waals surface area contributed by atoms with E-state index in [1.54, 1.807) is 7.11 Å². The number of ether oxygens (including phenoxy) is 2. The molecule has 0 bridgehead atoms. The first-order chi connectivity index (χ1) is 7.33. The Bertz CT molecular complexity index is 264. The molecule has 0 spiro atoms. The van der Waals surface area contributed by atoms with Gasteiger partial charge in [0, 0.05) is 22.9 Å². The van der Waals surface area contributed by atoms with E-state index in [9.17, 15) is 0 Å². The van der Waals surface area contributed by atoms with Crippen LogP contribution in [0.1, 0.15) is 0 Å². The predicted octanol–water partition coefficient (Wildman–Crippen LogP) is 2.37. The fraction of sp³-hybridized carbons (Fsp3) is 0.455. The van der Waals surface area contributed by atoms with Crippen molar-refractivity contribution < 1.29 is 9.47 Å². The minimum absolute atomic E-state index is 0.656. The highest BCUT2D eigenvalue weighted by Crippen LogP contribution is 2.10. The van der Waals surface area contributed by atoms with Crippen molar-refractivity contribution in [2.45, 2.75) is 0 Å². The molecule has 0 atom stereocenters. The van der Waals surface area contributed by atoms with E-state index in [2.05, 4.69) is 52.2 Å². The highest BCUT2D eigenvalue weighted by molar-refractivity contribution is 14.1. The summed E-state index contributed by atoms with van der Waals surface area (Å²) in [6.07, 6.45) is 0. The van der Waals surface area contributed by atoms with E-state index < -0.39 is 0 Å². The van der Waals surface area contributed by atoms with Crippen LogP contribution in [0.5, 0.6) is 0 Å². The molecule has 0 aliphatic rings. The lowest BCUT2D eigenvalue weighted by Gasteiger charge is -2.07. The number of hydrogen-bond donors (Lipinski definition) is 1. The van der Waals surface area contributed by atoms with Gasteiger partial charge in [0.15, 0.2) is 0 Å². The third kappa shape index (κ3) is 5.96. The number of nitrogens with one attached hydrogen (secondary N) is 1. The second-order valence-electron chi connectivity index (χ2n) is 3.04. The molecule has 0 heterocycles. The van der Waals surface area contributed by atoms with E-state index in [4.69, 9.17) is 9.47 Å². The molecule has 0 aliphatic heterocycles. The first-order valence-corrected chi connectivity index (χ1v) is 5.97. The second-order valence-corrected chi connectivity index (χ2v) is 4.28. The summed E-state index contributed by atoms with van der Waals surface area (Å²) in [6.45, 7) is 2.84. The molecule has 4 heteroatoms. The summed E-state index contributed by atoms with van der Waals surface area (Å²) in [7, 11) is 1.67. The Morgan fingerprint density at radius 3 is 2.53 bits per heavy atom. The Labute approximate surface area is 104 Å². The van der Waals surface area contributed by atoms with E-state index in [1.165, 1.54) is 3.57 Å². The number of hydrogen-bond acceptors (Lipinski definition) is 3. The maximum absolute atomic E-state index is 5.33. The van der Waals surface area contributed by atoms with Crippen LogP contribution in [-0.2, 0) is 9.47 Å². The van der Waals surface area contributed by atoms with Gasteiger partial charge >= 0.3 is 0 Å². The molecule has 3 nitrogen and oxygen atoms in total. The Morgan fingerprint density at radius 1 is 1.13 bits per heavy atom. The predicted molar refractivity (Wildman–Crippen MR) is 70.3 cm³/mol. The number of rotatable bonds is 7. The van der Waals surface area contributed by atoms with Crippen molar-refractivity contribution in [2.75, 3.05) is 38.8 Å². The Kier molecular flexibility index (Phi) is 6.71. The van der Waals surface area contributed by atoms with E-state index in [1.807, 2.05) is 0 Å². The molecule has 0 radical (unpaired) electrons. The maximum atomic E-state index is 5.33. The Hall–Kier alpha value is -0.330. The van der Waals surface area contributed by atoms with Crippen LogP contribution in [0.3, 0.4) is 0 Å². The molecule has 0 amide bonds. The topological polar surface area (TPSA) is 30.5 Å². The molecule has 15 heavy (non-hydrogen) atoms. The van der Waals surface area contributed by atoms with Crippen molar-refractivity contribution in [3.05, 3.63) is 27.8 Å². The van der Waals surface area contributed by atoms with E-state index >= 15 is 0 Å². The van der Waals surface area contributed by atoms with Gasteiger partial charge in [0.1, 0.15) is 0 Å². The lowest BCUT2D eigenvalue weighted by molar-refractivity contribution is 0.0759. The third-order valence-corrected chi connectivity index (χ3v) is 2.57. The summed E-state index contributed by atoms with van der Waals surface area (Å²) in [5.74, 6) is 0. The molecular weight excluding hydrogens is 305 g/mol. The molecule has 1 aromatic carbocycles. The van der Waals surface area contributed by atoms with Crippen LogP contribution in [0.4, 0.5) is 5.69 Å². The molecule has 1 aromatic rings. The Morgan fingerprint density at radius 2 is 1.87 bits per heavy atom. The van der Waals surface area contributed by atoms with Gasteiger partial charge < -0.3 is 14.8 Å². The average Bonchev–Trinajstić information content (AvgIpc) is 2.26. The SMILES string of the molecule is COCCOCCNc1ccc(I)cc1. The molecule has 0 fully saturated rings. The van der Waals surface area contributed by atoms with E-state index in [-0.39, 0.29) is 0 Å². The van der Waals surface area contributed by atoms with E-state index in [0.717, 1.165) is 12.2 Å². The maximum Gasteiger partial charge on any atom is 0.0701 e. The van der Waals surface area contributed by atoms with Crippen LogP contribution in [0, 0.1) is 3.57 Å². The standard InChI is InChI=1S/C11H16INO2/c1-14-8-9-15-7-6-13-11-4-2-10(12)3-5-11/h2-5,13H,6-9H2,1H3. The van der Waals surface area contributed by atoms with Gasteiger partial charge in [-0.05, 0) is 46.9 Å². The van der Waals surface area contributed by atoms with Gasteiger partial charge in [0.2, 0.25) is 0 Å². The first-order valence-electron chi connectivity index (χ1n) is 4.89. The average molecular weight is 321 g/mol. The van der Waals surface area contributed by atoms with Gasteiger partial charge in [0.25, 0.3) is 0 Å². The number of anilines is 1. The second kappa shape index (κ2) is 7.90. The zero-order valence-corrected chi connectivity index (χ0v) is 11.0. The largest absolute Gasteiger partial charge is 0.383 e. The molecule has 0 saturated carbocycles. The first kappa shape index (κ1) is 12.7. The highest BCUT2D eigenvalue weighted by atomic mass is 127. The van der Waals surface area contributed by atoms with Crippen molar-refractivity contribution in [3.63, 3.8) is 0 Å². The van der Waals surface area contributed by atoms with Crippen LogP contribution in [-0.4, -0.2) is 33.5 Å². The van der Waals surface area contributed by atoms with Crippen LogP contribution in [0.15, 0.2) is 24.3 Å². The van der Waals surface area contributed by atoms with Crippen molar-refractivity contribution >= 4 is 28.3 Å². The minimum atomic E-state index is 0.656. The van der Waals surface area contributed by atoms with Crippen molar-refractivity contribution in [1.29, 1.82) is 0 Å². The molecule has 0 unspecified atom stereocenters. The summed E-state index contributed by atoms with van der Waals surface area (Å²) in [6, 6.07) is 8.29. The van der Waals surface area contributed by atoms with Gasteiger partial charge in [-0.3, -0.25) is 0 Å². The lowest BCUT2D eigenvalue weighted by atomic mass is 10.3. The smallest absolute Gasteiger partial charge is 0.0701 e. The minimum Gasteiger partial charge on any atom is -0.383 e. The van der Waals surface area contributed by atoms with Gasteiger partial charge in [-0.25, -0.2) is 0 Å². The summed E-state index contributed by atoms with van der Waals surface area (Å²) >= 11 is 2.29. The van der Waals surface area contributed by atoms with Gasteiger partial charge in [-0.2, -0.15) is 0 Å². The van der Waals surface area contributed by atoms with Gasteiger partial charge in [-0.15, -0.1) is 0 Å². The summed E-state index contributed by atoms with van der Waals surface area (Å²) in [4.78, 5) is 0. The van der Waals surface area contributed by atoms with Crippen molar-refractivity contribution in [2.24, 2.45) is 0 Å². The van der Waals surface area contributed by atoms with Crippen LogP contribution in [0.2, 0.25) is 0 Å². The number of halogens is 1. The molecule has 0 saturated heterocycles. The summed E-state index contributed by atoms with van der Waals surface area (Å²) < 4.78 is 11.4. The van der Waals surface area contributed by atoms with Gasteiger partial charge in [0.05, 0.1) is 19.8 Å². The zero-order valence-electron chi connectivity index (χ0n) is 8.83. The fourth-order valence-corrected chi connectivity index (χ4v) is 1.44. The lowest BCUT2D eigenvalue weighted by Crippen LogP contribution is -2.11. The Balaban J connectivity index is 2.07. The van der Waals surface area contributed by atoms with Crippen molar-refractivity contribution in [1.82, 2.24) is 0 Å². The molecule has 1 rings (SSSR count). The molecular formula is C11H16INO2. The molecule has 1 N–H and O–H groups in total. The molecule has 0 aliphatic carbocycles. The highest BCUT2D eigenvalue weighted by Gasteiger charge is 1.91. The van der Waals surface area contributed by atoms with E-state index in [0.29, 0.717) is 19.8 Å². The number of methoxy groups -OCH3 is 1. The summed E-state index contributed by atoms with van der Waals surface area (Å²) in [5.41, 5.74) is 1.13. The molecule has 0 aromatic heterocycles. The number of benzene rings is 1. The van der Waals surface area contributed by atoms with Crippen LogP contribution < -0.4 is 5.32 Å². The third-order valence-electron chi connectivity index (χ3n) is 1.85. The van der Waals surface area contributed by atoms with Gasteiger partial charge in [-0.1, -0.05) is 0 Å². The van der Waals surface area contributed by atoms with Crippen LogP contribution >= 0.6 is 22.6 Å². The quantitative estimate of drug-likeness (QED) is 0.618. The monoisotopic (exact) mass is 321 g/mol. The van der Waals surface area contributed by atoms with Crippen LogP contribution in [0.25, 0.3) is 0 Å². The zero-order chi connectivity index (χ0) is 10.9. The fourth-order valence-electron chi connectivity index (χ4n) is 1.08. The summed E-state index contributed by atoms with van der Waals surface area (Å²) in [5, 5.41) is 3.28.